The lowest BCUT2D eigenvalue weighted by Crippen LogP contribution is -2.35. The lowest BCUT2D eigenvalue weighted by molar-refractivity contribution is -0.118. The third-order valence-corrected chi connectivity index (χ3v) is 6.33. The summed E-state index contributed by atoms with van der Waals surface area (Å²) in [6.45, 7) is 3.39. The molecule has 0 spiro atoms. The van der Waals surface area contributed by atoms with Crippen LogP contribution in [0, 0.1) is 11.7 Å². The van der Waals surface area contributed by atoms with Crippen LogP contribution >= 0.6 is 0 Å². The second-order valence-electron chi connectivity index (χ2n) is 8.56. The van der Waals surface area contributed by atoms with Gasteiger partial charge in [-0.1, -0.05) is 0 Å². The van der Waals surface area contributed by atoms with E-state index in [-0.39, 0.29) is 18.4 Å². The van der Waals surface area contributed by atoms with Crippen molar-refractivity contribution in [3.8, 4) is 11.6 Å². The first-order valence-electron chi connectivity index (χ1n) is 11.5. The van der Waals surface area contributed by atoms with Gasteiger partial charge in [0, 0.05) is 31.9 Å². The molecule has 0 atom stereocenters. The molecule has 0 aromatic carbocycles. The maximum Gasteiger partial charge on any atom is 0.263 e. The molecular formula is C24H27FN6O3. The molecule has 34 heavy (non-hydrogen) atoms. The Morgan fingerprint density at radius 3 is 2.94 bits per heavy atom. The number of halogens is 1. The van der Waals surface area contributed by atoms with Gasteiger partial charge in [-0.15, -0.1) is 0 Å². The van der Waals surface area contributed by atoms with Crippen LogP contribution in [0.1, 0.15) is 25.0 Å². The molecule has 2 aliphatic rings. The zero-order chi connectivity index (χ0) is 23.5. The SMILES string of the molecule is COc1nc2c(N3CCC(CCNCc4ccc5c(n4)NC(=O)CO5)CC3)ccnc2cc1F. The summed E-state index contributed by atoms with van der Waals surface area (Å²) in [5.41, 5.74) is 3.03. The van der Waals surface area contributed by atoms with Crippen molar-refractivity contribution in [1.29, 1.82) is 0 Å². The molecule has 9 nitrogen and oxygen atoms in total. The lowest BCUT2D eigenvalue weighted by Gasteiger charge is -2.34. The van der Waals surface area contributed by atoms with Crippen molar-refractivity contribution < 1.29 is 18.7 Å². The van der Waals surface area contributed by atoms with Crippen molar-refractivity contribution in [3.63, 3.8) is 0 Å². The summed E-state index contributed by atoms with van der Waals surface area (Å²) < 4.78 is 24.4. The minimum Gasteiger partial charge on any atom is -0.480 e. The molecule has 1 fully saturated rings. The number of nitrogens with one attached hydrogen (secondary N) is 2. The molecule has 0 saturated carbocycles. The number of ether oxygens (including phenoxy) is 2. The van der Waals surface area contributed by atoms with Crippen LogP contribution < -0.4 is 25.0 Å². The van der Waals surface area contributed by atoms with Gasteiger partial charge in [0.25, 0.3) is 11.8 Å². The molecule has 10 heteroatoms. The maximum atomic E-state index is 14.0. The number of methoxy groups -OCH3 is 1. The number of rotatable bonds is 7. The molecule has 0 aliphatic carbocycles. The van der Waals surface area contributed by atoms with Crippen LogP contribution in [-0.4, -0.2) is 54.2 Å². The summed E-state index contributed by atoms with van der Waals surface area (Å²) in [6, 6.07) is 7.07. The van der Waals surface area contributed by atoms with Crippen molar-refractivity contribution in [3.05, 3.63) is 42.0 Å². The van der Waals surface area contributed by atoms with Crippen LogP contribution in [0.5, 0.6) is 11.6 Å². The van der Waals surface area contributed by atoms with Crippen molar-refractivity contribution in [1.82, 2.24) is 20.3 Å². The Bertz CT molecular complexity index is 1200. The van der Waals surface area contributed by atoms with Crippen LogP contribution in [0.15, 0.2) is 30.5 Å². The number of anilines is 2. The van der Waals surface area contributed by atoms with Crippen LogP contribution in [0.4, 0.5) is 15.9 Å². The van der Waals surface area contributed by atoms with Crippen LogP contribution in [0.25, 0.3) is 11.0 Å². The van der Waals surface area contributed by atoms with E-state index in [0.29, 0.717) is 35.1 Å². The Morgan fingerprint density at radius 2 is 2.12 bits per heavy atom. The van der Waals surface area contributed by atoms with E-state index in [1.54, 1.807) is 6.20 Å². The number of hydrogen-bond acceptors (Lipinski definition) is 8. The second kappa shape index (κ2) is 9.76. The second-order valence-corrected chi connectivity index (χ2v) is 8.56. The van der Waals surface area contributed by atoms with Gasteiger partial charge >= 0.3 is 0 Å². The third kappa shape index (κ3) is 4.72. The minimum absolute atomic E-state index is 0.00830. The van der Waals surface area contributed by atoms with E-state index < -0.39 is 5.82 Å². The molecule has 2 aliphatic heterocycles. The normalized spacial score (nSPS) is 16.2. The number of amides is 1. The third-order valence-electron chi connectivity index (χ3n) is 6.33. The highest BCUT2D eigenvalue weighted by molar-refractivity contribution is 5.94. The van der Waals surface area contributed by atoms with E-state index >= 15 is 0 Å². The average molecular weight is 467 g/mol. The van der Waals surface area contributed by atoms with E-state index in [4.69, 9.17) is 9.47 Å². The van der Waals surface area contributed by atoms with Gasteiger partial charge in [0.15, 0.2) is 24.0 Å². The Labute approximate surface area is 196 Å². The van der Waals surface area contributed by atoms with E-state index in [2.05, 4.69) is 30.5 Å². The fourth-order valence-electron chi connectivity index (χ4n) is 4.50. The van der Waals surface area contributed by atoms with Crippen molar-refractivity contribution in [2.75, 3.05) is 43.6 Å². The van der Waals surface area contributed by atoms with Crippen LogP contribution in [0.3, 0.4) is 0 Å². The van der Waals surface area contributed by atoms with Gasteiger partial charge in [-0.2, -0.15) is 0 Å². The highest BCUT2D eigenvalue weighted by atomic mass is 19.1. The number of hydrogen-bond donors (Lipinski definition) is 2. The van der Waals surface area contributed by atoms with E-state index in [1.165, 1.54) is 13.2 Å². The van der Waals surface area contributed by atoms with Gasteiger partial charge in [-0.3, -0.25) is 9.78 Å². The van der Waals surface area contributed by atoms with E-state index in [1.807, 2.05) is 18.2 Å². The molecule has 3 aromatic heterocycles. The molecule has 3 aromatic rings. The first-order chi connectivity index (χ1) is 16.6. The fourth-order valence-corrected chi connectivity index (χ4v) is 4.50. The first kappa shape index (κ1) is 22.3. The van der Waals surface area contributed by atoms with Gasteiger partial charge in [-0.25, -0.2) is 14.4 Å². The van der Waals surface area contributed by atoms with Gasteiger partial charge in [0.2, 0.25) is 0 Å². The minimum atomic E-state index is -0.505. The number of fused-ring (bicyclic) bond motifs is 2. The standard InChI is InChI=1S/C24H27FN6O3/c1-33-24-17(25)12-18-22(30-24)19(5-9-27-18)31-10-6-15(7-11-31)4-8-26-13-16-2-3-20-23(28-16)29-21(32)14-34-20/h2-3,5,9,12,15,26H,4,6-8,10-11,13-14H2,1H3,(H,28,29,32). The maximum absolute atomic E-state index is 14.0. The molecular weight excluding hydrogens is 439 g/mol. The number of carbonyl (C=O) groups is 1. The van der Waals surface area contributed by atoms with E-state index in [9.17, 15) is 9.18 Å². The average Bonchev–Trinajstić information content (AvgIpc) is 2.86. The monoisotopic (exact) mass is 466 g/mol. The molecule has 178 valence electrons. The smallest absolute Gasteiger partial charge is 0.263 e. The predicted molar refractivity (Wildman–Crippen MR) is 126 cm³/mol. The summed E-state index contributed by atoms with van der Waals surface area (Å²) in [7, 11) is 1.42. The first-order valence-corrected chi connectivity index (χ1v) is 11.5. The summed E-state index contributed by atoms with van der Waals surface area (Å²) in [5.74, 6) is 1.03. The number of aromatic nitrogens is 3. The number of nitrogens with zero attached hydrogens (tertiary/aromatic N) is 4. The molecule has 5 rings (SSSR count). The topological polar surface area (TPSA) is 102 Å². The Kier molecular flexibility index (Phi) is 6.39. The van der Waals surface area contributed by atoms with Gasteiger partial charge in [0.1, 0.15) is 5.52 Å². The lowest BCUT2D eigenvalue weighted by atomic mass is 9.93. The zero-order valence-electron chi connectivity index (χ0n) is 19.0. The number of carbonyl (C=O) groups excluding carboxylic acids is 1. The Balaban J connectivity index is 1.12. The Morgan fingerprint density at radius 1 is 1.26 bits per heavy atom. The van der Waals surface area contributed by atoms with Crippen LogP contribution in [0.2, 0.25) is 0 Å². The van der Waals surface area contributed by atoms with Crippen molar-refractivity contribution in [2.24, 2.45) is 5.92 Å². The largest absolute Gasteiger partial charge is 0.480 e. The molecule has 0 unspecified atom stereocenters. The van der Waals surface area contributed by atoms with Crippen molar-refractivity contribution in [2.45, 2.75) is 25.8 Å². The summed E-state index contributed by atoms with van der Waals surface area (Å²) in [5, 5.41) is 6.19. The quantitative estimate of drug-likeness (QED) is 0.513. The van der Waals surface area contributed by atoms with Gasteiger partial charge in [-0.05, 0) is 49.9 Å². The molecule has 1 saturated heterocycles. The fraction of sp³-hybridized carbons (Fsp3) is 0.417. The molecule has 5 heterocycles. The molecule has 1 amide bonds. The molecule has 0 bridgehead atoms. The number of piperidine rings is 1. The predicted octanol–water partition coefficient (Wildman–Crippen LogP) is 2.90. The molecule has 0 radical (unpaired) electrons. The summed E-state index contributed by atoms with van der Waals surface area (Å²) in [4.78, 5) is 26.9. The summed E-state index contributed by atoms with van der Waals surface area (Å²) >= 11 is 0. The van der Waals surface area contributed by atoms with Gasteiger partial charge < -0.3 is 25.0 Å². The highest BCUT2D eigenvalue weighted by Gasteiger charge is 2.22. The van der Waals surface area contributed by atoms with E-state index in [0.717, 1.165) is 50.3 Å². The van der Waals surface area contributed by atoms with Crippen LogP contribution in [-0.2, 0) is 11.3 Å². The van der Waals surface area contributed by atoms with Crippen molar-refractivity contribution >= 4 is 28.4 Å². The highest BCUT2D eigenvalue weighted by Crippen LogP contribution is 2.31. The Hall–Kier alpha value is -3.53. The molecule has 2 N–H and O–H groups in total. The zero-order valence-corrected chi connectivity index (χ0v) is 19.0. The van der Waals surface area contributed by atoms with Gasteiger partial charge in [0.05, 0.1) is 24.0 Å². The number of pyridine rings is 3. The summed E-state index contributed by atoms with van der Waals surface area (Å²) in [6.07, 6.45) is 4.93.